The fourth-order valence-corrected chi connectivity index (χ4v) is 3.24. The third kappa shape index (κ3) is 2.98. The van der Waals surface area contributed by atoms with Crippen molar-refractivity contribution in [3.8, 4) is 5.75 Å². The number of anilines is 1. The summed E-state index contributed by atoms with van der Waals surface area (Å²) >= 11 is 3.53. The lowest BCUT2D eigenvalue weighted by molar-refractivity contribution is 0.246. The van der Waals surface area contributed by atoms with Gasteiger partial charge in [0, 0.05) is 16.6 Å². The Labute approximate surface area is 128 Å². The van der Waals surface area contributed by atoms with E-state index >= 15 is 0 Å². The van der Waals surface area contributed by atoms with Gasteiger partial charge in [-0.2, -0.15) is 0 Å². The Kier molecular flexibility index (Phi) is 3.70. The maximum absolute atomic E-state index is 5.97. The normalized spacial score (nSPS) is 16.6. The Morgan fingerprint density at radius 2 is 2.00 bits per heavy atom. The van der Waals surface area contributed by atoms with Crippen LogP contribution >= 0.6 is 15.9 Å². The van der Waals surface area contributed by atoms with Gasteiger partial charge >= 0.3 is 0 Å². The molecule has 1 aliphatic rings. The molecule has 0 saturated carbocycles. The predicted molar refractivity (Wildman–Crippen MR) is 86.7 cm³/mol. The highest BCUT2D eigenvalue weighted by atomic mass is 79.9. The molecular formula is C17H18BrNO. The standard InChI is InChI=1S/C17H18BrNO/c1-11-3-4-17-13(5-11)8-16(20-17)10-19-15-7-12(2)6-14(18)9-15/h3-7,9,16,19H,8,10H2,1-2H3. The molecule has 0 saturated heterocycles. The number of aryl methyl sites for hydroxylation is 2. The molecule has 3 heteroatoms. The zero-order valence-electron chi connectivity index (χ0n) is 11.7. The summed E-state index contributed by atoms with van der Waals surface area (Å²) in [5.74, 6) is 1.04. The lowest BCUT2D eigenvalue weighted by Gasteiger charge is -2.13. The van der Waals surface area contributed by atoms with E-state index < -0.39 is 0 Å². The molecule has 0 bridgehead atoms. The SMILES string of the molecule is Cc1cc(Br)cc(NCC2Cc3cc(C)ccc3O2)c1. The number of ether oxygens (including phenoxy) is 1. The first-order valence-electron chi connectivity index (χ1n) is 6.87. The minimum atomic E-state index is 0.214. The molecule has 0 radical (unpaired) electrons. The van der Waals surface area contributed by atoms with Crippen LogP contribution in [0.2, 0.25) is 0 Å². The van der Waals surface area contributed by atoms with Gasteiger partial charge in [0.1, 0.15) is 11.9 Å². The second-order valence-corrected chi connectivity index (χ2v) is 6.37. The Bertz CT molecular complexity index is 619. The number of rotatable bonds is 3. The average Bonchev–Trinajstić information content (AvgIpc) is 2.77. The molecule has 1 heterocycles. The van der Waals surface area contributed by atoms with E-state index in [4.69, 9.17) is 4.74 Å². The summed E-state index contributed by atoms with van der Waals surface area (Å²) in [6, 6.07) is 12.8. The fraction of sp³-hybridized carbons (Fsp3) is 0.294. The number of hydrogen-bond acceptors (Lipinski definition) is 2. The Morgan fingerprint density at radius 1 is 1.15 bits per heavy atom. The molecule has 1 atom stereocenters. The van der Waals surface area contributed by atoms with Gasteiger partial charge in [0.2, 0.25) is 0 Å². The summed E-state index contributed by atoms with van der Waals surface area (Å²) in [5, 5.41) is 3.46. The average molecular weight is 332 g/mol. The molecule has 0 aromatic heterocycles. The van der Waals surface area contributed by atoms with Gasteiger partial charge in [-0.05, 0) is 49.2 Å². The minimum absolute atomic E-state index is 0.214. The van der Waals surface area contributed by atoms with Gasteiger partial charge in [-0.15, -0.1) is 0 Å². The van der Waals surface area contributed by atoms with Gasteiger partial charge in [0.15, 0.2) is 0 Å². The zero-order valence-corrected chi connectivity index (χ0v) is 13.3. The maximum Gasteiger partial charge on any atom is 0.123 e. The molecule has 0 amide bonds. The smallest absolute Gasteiger partial charge is 0.123 e. The van der Waals surface area contributed by atoms with Crippen molar-refractivity contribution in [2.45, 2.75) is 26.4 Å². The molecule has 2 nitrogen and oxygen atoms in total. The molecule has 0 aliphatic carbocycles. The van der Waals surface area contributed by atoms with Crippen molar-refractivity contribution in [2.75, 3.05) is 11.9 Å². The van der Waals surface area contributed by atoms with E-state index in [9.17, 15) is 0 Å². The van der Waals surface area contributed by atoms with E-state index in [0.29, 0.717) is 0 Å². The van der Waals surface area contributed by atoms with Crippen LogP contribution in [-0.4, -0.2) is 12.6 Å². The summed E-state index contributed by atoms with van der Waals surface area (Å²) in [5.41, 5.74) is 4.99. The second-order valence-electron chi connectivity index (χ2n) is 5.45. The van der Waals surface area contributed by atoms with E-state index in [1.165, 1.54) is 16.7 Å². The molecule has 1 unspecified atom stereocenters. The van der Waals surface area contributed by atoms with Crippen molar-refractivity contribution >= 4 is 21.6 Å². The molecule has 104 valence electrons. The topological polar surface area (TPSA) is 21.3 Å². The number of nitrogens with one attached hydrogen (secondary N) is 1. The molecule has 0 spiro atoms. The van der Waals surface area contributed by atoms with Crippen LogP contribution in [0.25, 0.3) is 0 Å². The number of hydrogen-bond donors (Lipinski definition) is 1. The first-order chi connectivity index (χ1) is 9.60. The molecule has 2 aromatic carbocycles. The van der Waals surface area contributed by atoms with Crippen molar-refractivity contribution in [1.29, 1.82) is 0 Å². The largest absolute Gasteiger partial charge is 0.488 e. The monoisotopic (exact) mass is 331 g/mol. The van der Waals surface area contributed by atoms with E-state index in [1.54, 1.807) is 0 Å². The van der Waals surface area contributed by atoms with Crippen molar-refractivity contribution in [1.82, 2.24) is 0 Å². The number of fused-ring (bicyclic) bond motifs is 1. The number of benzene rings is 2. The van der Waals surface area contributed by atoms with Crippen molar-refractivity contribution in [3.05, 3.63) is 57.6 Å². The lowest BCUT2D eigenvalue weighted by Crippen LogP contribution is -2.23. The minimum Gasteiger partial charge on any atom is -0.488 e. The lowest BCUT2D eigenvalue weighted by atomic mass is 10.1. The van der Waals surface area contributed by atoms with Crippen LogP contribution < -0.4 is 10.1 Å². The molecule has 3 rings (SSSR count). The van der Waals surface area contributed by atoms with Gasteiger partial charge in [-0.1, -0.05) is 33.6 Å². The van der Waals surface area contributed by atoms with Crippen LogP contribution in [0.15, 0.2) is 40.9 Å². The number of halogens is 1. The van der Waals surface area contributed by atoms with Crippen LogP contribution in [0.4, 0.5) is 5.69 Å². The first-order valence-corrected chi connectivity index (χ1v) is 7.67. The molecular weight excluding hydrogens is 314 g/mol. The summed E-state index contributed by atoms with van der Waals surface area (Å²) in [7, 11) is 0. The summed E-state index contributed by atoms with van der Waals surface area (Å²) in [6.45, 7) is 5.04. The Hall–Kier alpha value is -1.48. The Balaban J connectivity index is 1.63. The highest BCUT2D eigenvalue weighted by Gasteiger charge is 2.22. The predicted octanol–water partition coefficient (Wildman–Crippen LogP) is 4.48. The summed E-state index contributed by atoms with van der Waals surface area (Å²) in [4.78, 5) is 0. The van der Waals surface area contributed by atoms with Crippen LogP contribution in [0.3, 0.4) is 0 Å². The van der Waals surface area contributed by atoms with Crippen molar-refractivity contribution in [2.24, 2.45) is 0 Å². The third-order valence-corrected chi connectivity index (χ3v) is 3.99. The van der Waals surface area contributed by atoms with Gasteiger partial charge in [-0.3, -0.25) is 0 Å². The van der Waals surface area contributed by atoms with Crippen LogP contribution in [-0.2, 0) is 6.42 Å². The van der Waals surface area contributed by atoms with E-state index in [2.05, 4.69) is 71.5 Å². The summed E-state index contributed by atoms with van der Waals surface area (Å²) in [6.07, 6.45) is 1.20. The quantitative estimate of drug-likeness (QED) is 0.895. The van der Waals surface area contributed by atoms with Crippen LogP contribution in [0.5, 0.6) is 5.75 Å². The second kappa shape index (κ2) is 5.49. The van der Waals surface area contributed by atoms with Gasteiger partial charge in [-0.25, -0.2) is 0 Å². The van der Waals surface area contributed by atoms with Crippen LogP contribution in [0, 0.1) is 13.8 Å². The maximum atomic E-state index is 5.97. The van der Waals surface area contributed by atoms with Crippen molar-refractivity contribution in [3.63, 3.8) is 0 Å². The van der Waals surface area contributed by atoms with Gasteiger partial charge in [0.25, 0.3) is 0 Å². The summed E-state index contributed by atoms with van der Waals surface area (Å²) < 4.78 is 7.07. The highest BCUT2D eigenvalue weighted by Crippen LogP contribution is 2.29. The third-order valence-electron chi connectivity index (χ3n) is 3.53. The fourth-order valence-electron chi connectivity index (χ4n) is 2.63. The first kappa shape index (κ1) is 13.5. The van der Waals surface area contributed by atoms with E-state index in [-0.39, 0.29) is 6.10 Å². The molecule has 1 aliphatic heterocycles. The van der Waals surface area contributed by atoms with Gasteiger partial charge < -0.3 is 10.1 Å². The molecule has 20 heavy (non-hydrogen) atoms. The van der Waals surface area contributed by atoms with Crippen LogP contribution in [0.1, 0.15) is 16.7 Å². The molecule has 0 fully saturated rings. The Morgan fingerprint density at radius 3 is 2.80 bits per heavy atom. The van der Waals surface area contributed by atoms with Crippen molar-refractivity contribution < 1.29 is 4.74 Å². The van der Waals surface area contributed by atoms with Gasteiger partial charge in [0.05, 0.1) is 6.54 Å². The highest BCUT2D eigenvalue weighted by molar-refractivity contribution is 9.10. The zero-order chi connectivity index (χ0) is 14.1. The molecule has 2 aromatic rings. The molecule has 1 N–H and O–H groups in total. The van der Waals surface area contributed by atoms with E-state index in [1.807, 2.05) is 0 Å². The van der Waals surface area contributed by atoms with E-state index in [0.717, 1.165) is 28.9 Å².